The molecule has 1 rings (SSSR count). The number of carbonyl (C=O) groups is 3. The molecule has 0 aliphatic carbocycles. The Morgan fingerprint density at radius 3 is 1.41 bits per heavy atom. The van der Waals surface area contributed by atoms with Crippen molar-refractivity contribution in [3.05, 3.63) is 30.3 Å². The summed E-state index contributed by atoms with van der Waals surface area (Å²) in [6, 6.07) is 9.37. The van der Waals surface area contributed by atoms with Gasteiger partial charge in [-0.1, -0.05) is 33.1 Å². The standard InChI is InChI=1S/C8H9NO.C4H9NO.C3H6O.2CH4/c1-7(10)9-8-5-3-2-4-6-8;1-4(6)5(2)3;1-3(2)4;;/h2-6H,1H3,(H,9,10);1-3H3;1-2H3;2*1H4. The van der Waals surface area contributed by atoms with Crippen LogP contribution in [0.2, 0.25) is 0 Å². The molecule has 0 spiro atoms. The van der Waals surface area contributed by atoms with Gasteiger partial charge >= 0.3 is 0 Å². The highest BCUT2D eigenvalue weighted by Gasteiger charge is 1.90. The summed E-state index contributed by atoms with van der Waals surface area (Å²) >= 11 is 0. The summed E-state index contributed by atoms with van der Waals surface area (Å²) in [6.45, 7) is 6.08. The summed E-state index contributed by atoms with van der Waals surface area (Å²) in [5.41, 5.74) is 0.843. The van der Waals surface area contributed by atoms with Crippen LogP contribution in [0.25, 0.3) is 0 Å². The fourth-order valence-electron chi connectivity index (χ4n) is 0.725. The number of hydrogen-bond donors (Lipinski definition) is 1. The second-order valence-corrected chi connectivity index (χ2v) is 4.37. The predicted octanol–water partition coefficient (Wildman–Crippen LogP) is 3.61. The topological polar surface area (TPSA) is 66.5 Å². The molecule has 22 heavy (non-hydrogen) atoms. The van der Waals surface area contributed by atoms with E-state index in [1.165, 1.54) is 32.6 Å². The van der Waals surface area contributed by atoms with Gasteiger partial charge in [0, 0.05) is 33.6 Å². The number of ketones is 1. The van der Waals surface area contributed by atoms with E-state index in [-0.39, 0.29) is 32.5 Å². The molecule has 2 amide bonds. The second kappa shape index (κ2) is 16.9. The molecule has 0 aliphatic heterocycles. The van der Waals surface area contributed by atoms with Crippen molar-refractivity contribution >= 4 is 23.3 Å². The minimum Gasteiger partial charge on any atom is -0.349 e. The maximum absolute atomic E-state index is 10.5. The van der Waals surface area contributed by atoms with Crippen LogP contribution in [0.4, 0.5) is 5.69 Å². The van der Waals surface area contributed by atoms with E-state index in [0.717, 1.165) is 5.69 Å². The Kier molecular flexibility index (Phi) is 21.5. The Labute approximate surface area is 135 Å². The fourth-order valence-corrected chi connectivity index (χ4v) is 0.725. The first-order chi connectivity index (χ1) is 9.16. The van der Waals surface area contributed by atoms with Crippen molar-refractivity contribution in [2.45, 2.75) is 42.5 Å². The molecule has 0 aromatic heterocycles. The fraction of sp³-hybridized carbons (Fsp3) is 0.471. The number of benzene rings is 1. The average Bonchev–Trinajstić information content (AvgIpc) is 2.29. The first-order valence-corrected chi connectivity index (χ1v) is 6.14. The first-order valence-electron chi connectivity index (χ1n) is 6.14. The van der Waals surface area contributed by atoms with Gasteiger partial charge in [0.2, 0.25) is 11.8 Å². The summed E-state index contributed by atoms with van der Waals surface area (Å²) in [6.07, 6.45) is 0. The lowest BCUT2D eigenvalue weighted by Gasteiger charge is -2.02. The molecule has 1 N–H and O–H groups in total. The zero-order valence-electron chi connectivity index (χ0n) is 13.1. The molecule has 0 aliphatic rings. The molecule has 0 fully saturated rings. The molecular weight excluding hydrogens is 280 g/mol. The number of hydrogen-bond acceptors (Lipinski definition) is 3. The maximum Gasteiger partial charge on any atom is 0.221 e. The van der Waals surface area contributed by atoms with Crippen LogP contribution < -0.4 is 5.32 Å². The van der Waals surface area contributed by atoms with Gasteiger partial charge in [0.25, 0.3) is 0 Å². The van der Waals surface area contributed by atoms with Crippen LogP contribution in [0.15, 0.2) is 30.3 Å². The summed E-state index contributed by atoms with van der Waals surface area (Å²) in [4.78, 5) is 31.5. The predicted molar refractivity (Wildman–Crippen MR) is 94.9 cm³/mol. The molecule has 0 saturated heterocycles. The highest BCUT2D eigenvalue weighted by molar-refractivity contribution is 5.88. The zero-order valence-corrected chi connectivity index (χ0v) is 13.1. The molecular formula is C17H32N2O3. The van der Waals surface area contributed by atoms with Gasteiger partial charge in [-0.15, -0.1) is 0 Å². The van der Waals surface area contributed by atoms with Crippen molar-refractivity contribution in [2.75, 3.05) is 19.4 Å². The SMILES string of the molecule is C.C.CC(=O)N(C)C.CC(=O)Nc1ccccc1.CC(C)=O. The number of nitrogens with one attached hydrogen (secondary N) is 1. The van der Waals surface area contributed by atoms with Gasteiger partial charge in [0.15, 0.2) is 0 Å². The first kappa shape index (κ1) is 28.1. The third-order valence-electron chi connectivity index (χ3n) is 1.72. The van der Waals surface area contributed by atoms with Crippen LogP contribution in [0.3, 0.4) is 0 Å². The highest BCUT2D eigenvalue weighted by Crippen LogP contribution is 2.03. The smallest absolute Gasteiger partial charge is 0.221 e. The lowest BCUT2D eigenvalue weighted by molar-refractivity contribution is -0.126. The monoisotopic (exact) mass is 312 g/mol. The van der Waals surface area contributed by atoms with Crippen LogP contribution in [0.1, 0.15) is 42.5 Å². The number of nitrogens with zero attached hydrogens (tertiary/aromatic N) is 1. The number of anilines is 1. The van der Waals surface area contributed by atoms with Crippen molar-refractivity contribution in [1.29, 1.82) is 0 Å². The number of rotatable bonds is 1. The van der Waals surface area contributed by atoms with E-state index in [0.29, 0.717) is 0 Å². The number of amides is 2. The lowest BCUT2D eigenvalue weighted by Crippen LogP contribution is -2.17. The molecule has 5 nitrogen and oxygen atoms in total. The Balaban J connectivity index is -0.000000118. The minimum absolute atomic E-state index is 0. The van der Waals surface area contributed by atoms with Crippen molar-refractivity contribution < 1.29 is 14.4 Å². The summed E-state index contributed by atoms with van der Waals surface area (Å²) in [5, 5.41) is 2.67. The molecule has 0 saturated carbocycles. The van der Waals surface area contributed by atoms with Gasteiger partial charge in [0.05, 0.1) is 0 Å². The maximum atomic E-state index is 10.5. The van der Waals surface area contributed by atoms with E-state index >= 15 is 0 Å². The summed E-state index contributed by atoms with van der Waals surface area (Å²) in [7, 11) is 3.45. The lowest BCUT2D eigenvalue weighted by atomic mass is 10.3. The molecule has 0 heterocycles. The Morgan fingerprint density at radius 2 is 1.18 bits per heavy atom. The number of Topliss-reactive ketones (excluding diaryl/α,β-unsaturated/α-hetero) is 1. The van der Waals surface area contributed by atoms with Crippen molar-refractivity contribution in [3.8, 4) is 0 Å². The van der Waals surface area contributed by atoms with Crippen LogP contribution in [0.5, 0.6) is 0 Å². The van der Waals surface area contributed by atoms with Gasteiger partial charge < -0.3 is 15.0 Å². The van der Waals surface area contributed by atoms with Gasteiger partial charge in [-0.2, -0.15) is 0 Å². The average molecular weight is 312 g/mol. The molecule has 0 radical (unpaired) electrons. The Bertz CT molecular complexity index is 411. The Morgan fingerprint density at radius 1 is 0.864 bits per heavy atom. The molecule has 1 aromatic carbocycles. The van der Waals surface area contributed by atoms with E-state index in [1.54, 1.807) is 14.1 Å². The highest BCUT2D eigenvalue weighted by atomic mass is 16.2. The van der Waals surface area contributed by atoms with Crippen LogP contribution in [-0.4, -0.2) is 36.6 Å². The summed E-state index contributed by atoms with van der Waals surface area (Å²) < 4.78 is 0. The summed E-state index contributed by atoms with van der Waals surface area (Å²) in [5.74, 6) is 0.223. The molecule has 0 atom stereocenters. The quantitative estimate of drug-likeness (QED) is 0.861. The normalized spacial score (nSPS) is 7.36. The third-order valence-corrected chi connectivity index (χ3v) is 1.72. The number of carbonyl (C=O) groups excluding carboxylic acids is 3. The van der Waals surface area contributed by atoms with Crippen molar-refractivity contribution in [3.63, 3.8) is 0 Å². The van der Waals surface area contributed by atoms with E-state index in [9.17, 15) is 14.4 Å². The third kappa shape index (κ3) is 26.4. The van der Waals surface area contributed by atoms with E-state index in [1.807, 2.05) is 30.3 Å². The van der Waals surface area contributed by atoms with Gasteiger partial charge in [-0.05, 0) is 26.0 Å². The minimum atomic E-state index is -0.0359. The van der Waals surface area contributed by atoms with Crippen LogP contribution in [-0.2, 0) is 14.4 Å². The molecule has 5 heteroatoms. The van der Waals surface area contributed by atoms with Crippen molar-refractivity contribution in [1.82, 2.24) is 4.90 Å². The Hall–Kier alpha value is -2.17. The molecule has 1 aromatic rings. The largest absolute Gasteiger partial charge is 0.349 e. The second-order valence-electron chi connectivity index (χ2n) is 4.37. The van der Waals surface area contributed by atoms with E-state index in [4.69, 9.17) is 0 Å². The van der Waals surface area contributed by atoms with E-state index in [2.05, 4.69) is 5.32 Å². The van der Waals surface area contributed by atoms with Crippen LogP contribution >= 0.6 is 0 Å². The molecule has 0 bridgehead atoms. The van der Waals surface area contributed by atoms with Crippen molar-refractivity contribution in [2.24, 2.45) is 0 Å². The van der Waals surface area contributed by atoms with Gasteiger partial charge in [-0.25, -0.2) is 0 Å². The van der Waals surface area contributed by atoms with Gasteiger partial charge in [0.1, 0.15) is 5.78 Å². The van der Waals surface area contributed by atoms with Crippen LogP contribution in [0, 0.1) is 0 Å². The number of para-hydroxylation sites is 1. The zero-order chi connectivity index (χ0) is 16.1. The van der Waals surface area contributed by atoms with E-state index < -0.39 is 0 Å². The molecule has 0 unspecified atom stereocenters. The molecule has 128 valence electrons. The van der Waals surface area contributed by atoms with Gasteiger partial charge in [-0.3, -0.25) is 9.59 Å².